The second-order valence-corrected chi connectivity index (χ2v) is 7.20. The van der Waals surface area contributed by atoms with Crippen molar-refractivity contribution < 1.29 is 23.1 Å². The van der Waals surface area contributed by atoms with Gasteiger partial charge in [-0.15, -0.1) is 0 Å². The summed E-state index contributed by atoms with van der Waals surface area (Å²) in [4.78, 5) is 11.6. The summed E-state index contributed by atoms with van der Waals surface area (Å²) in [6.45, 7) is 4.45. The lowest BCUT2D eigenvalue weighted by molar-refractivity contribution is -0.123. The molecule has 1 amide bonds. The highest BCUT2D eigenvalue weighted by molar-refractivity contribution is 7.89. The van der Waals surface area contributed by atoms with Crippen LogP contribution in [0, 0.1) is 5.92 Å². The normalized spacial score (nSPS) is 11.5. The standard InChI is InChI=1S/C15H24N2O5S/c1-12(2)10-17-23(20,21)14-6-4-13(5-7-14)22-11-15(19)16-8-3-9-18/h4-7,12,17-18H,3,8-11H2,1-2H3,(H,16,19). The minimum Gasteiger partial charge on any atom is -0.484 e. The van der Waals surface area contributed by atoms with Crippen LogP contribution in [0.5, 0.6) is 5.75 Å². The van der Waals surface area contributed by atoms with Gasteiger partial charge < -0.3 is 15.2 Å². The molecule has 0 unspecified atom stereocenters. The summed E-state index contributed by atoms with van der Waals surface area (Å²) in [5.74, 6) is 0.329. The van der Waals surface area contributed by atoms with Crippen molar-refractivity contribution in [1.82, 2.24) is 10.0 Å². The number of ether oxygens (including phenoxy) is 1. The summed E-state index contributed by atoms with van der Waals surface area (Å²) < 4.78 is 31.8. The fourth-order valence-electron chi connectivity index (χ4n) is 1.58. The Morgan fingerprint density at radius 3 is 2.48 bits per heavy atom. The van der Waals surface area contributed by atoms with E-state index in [1.54, 1.807) is 0 Å². The molecule has 0 aliphatic heterocycles. The number of nitrogens with one attached hydrogen (secondary N) is 2. The molecule has 130 valence electrons. The highest BCUT2D eigenvalue weighted by atomic mass is 32.2. The van der Waals surface area contributed by atoms with E-state index in [2.05, 4.69) is 10.0 Å². The van der Waals surface area contributed by atoms with Gasteiger partial charge in [-0.05, 0) is 36.6 Å². The molecule has 0 heterocycles. The van der Waals surface area contributed by atoms with Gasteiger partial charge in [0.25, 0.3) is 5.91 Å². The molecule has 0 aliphatic rings. The topological polar surface area (TPSA) is 105 Å². The molecule has 0 aliphatic carbocycles. The highest BCUT2D eigenvalue weighted by Crippen LogP contribution is 2.16. The molecular formula is C15H24N2O5S. The van der Waals surface area contributed by atoms with E-state index in [1.165, 1.54) is 24.3 Å². The minimum absolute atomic E-state index is 0.0158. The quantitative estimate of drug-likeness (QED) is 0.536. The number of carbonyl (C=O) groups is 1. The van der Waals surface area contributed by atoms with Crippen molar-refractivity contribution in [3.05, 3.63) is 24.3 Å². The molecule has 8 heteroatoms. The third kappa shape index (κ3) is 7.45. The minimum atomic E-state index is -3.53. The molecule has 0 fully saturated rings. The van der Waals surface area contributed by atoms with Crippen molar-refractivity contribution >= 4 is 15.9 Å². The molecule has 0 radical (unpaired) electrons. The van der Waals surface area contributed by atoms with Crippen molar-refractivity contribution in [1.29, 1.82) is 0 Å². The van der Waals surface area contributed by atoms with E-state index in [-0.39, 0.29) is 29.9 Å². The van der Waals surface area contributed by atoms with Gasteiger partial charge in [0.15, 0.2) is 6.61 Å². The van der Waals surface area contributed by atoms with Gasteiger partial charge in [-0.3, -0.25) is 4.79 Å². The molecule has 0 bridgehead atoms. The Hall–Kier alpha value is -1.64. The van der Waals surface area contributed by atoms with E-state index >= 15 is 0 Å². The van der Waals surface area contributed by atoms with Crippen LogP contribution >= 0.6 is 0 Å². The summed E-state index contributed by atoms with van der Waals surface area (Å²) in [5, 5.41) is 11.2. The molecule has 0 atom stereocenters. The predicted molar refractivity (Wildman–Crippen MR) is 86.7 cm³/mol. The zero-order chi connectivity index (χ0) is 17.3. The van der Waals surface area contributed by atoms with Gasteiger partial charge in [0, 0.05) is 19.7 Å². The van der Waals surface area contributed by atoms with Crippen LogP contribution in [-0.4, -0.2) is 45.7 Å². The van der Waals surface area contributed by atoms with E-state index in [4.69, 9.17) is 9.84 Å². The Bertz CT molecular complexity index is 584. The van der Waals surface area contributed by atoms with Crippen LogP contribution in [0.15, 0.2) is 29.2 Å². The number of aliphatic hydroxyl groups is 1. The molecule has 3 N–H and O–H groups in total. The van der Waals surface area contributed by atoms with Crippen molar-refractivity contribution in [2.75, 3.05) is 26.3 Å². The summed E-state index contributed by atoms with van der Waals surface area (Å²) >= 11 is 0. The maximum absolute atomic E-state index is 12.0. The molecule has 0 spiro atoms. The lowest BCUT2D eigenvalue weighted by atomic mass is 10.2. The van der Waals surface area contributed by atoms with Crippen LogP contribution in [0.2, 0.25) is 0 Å². The number of aliphatic hydroxyl groups excluding tert-OH is 1. The van der Waals surface area contributed by atoms with Crippen LogP contribution in [0.4, 0.5) is 0 Å². The number of carbonyl (C=O) groups excluding carboxylic acids is 1. The maximum atomic E-state index is 12.0. The third-order valence-corrected chi connectivity index (χ3v) is 4.28. The first kappa shape index (κ1) is 19.4. The van der Waals surface area contributed by atoms with Gasteiger partial charge >= 0.3 is 0 Å². The Morgan fingerprint density at radius 1 is 1.26 bits per heavy atom. The van der Waals surface area contributed by atoms with E-state index < -0.39 is 10.0 Å². The zero-order valence-corrected chi connectivity index (χ0v) is 14.2. The predicted octanol–water partition coefficient (Wildman–Crippen LogP) is 0.498. The second-order valence-electron chi connectivity index (χ2n) is 5.43. The summed E-state index contributed by atoms with van der Waals surface area (Å²) in [6.07, 6.45) is 0.488. The zero-order valence-electron chi connectivity index (χ0n) is 13.4. The number of rotatable bonds is 10. The Kier molecular flexibility index (Phi) is 8.01. The van der Waals surface area contributed by atoms with Crippen molar-refractivity contribution in [3.8, 4) is 5.75 Å². The molecule has 1 aromatic carbocycles. The maximum Gasteiger partial charge on any atom is 0.257 e. The monoisotopic (exact) mass is 344 g/mol. The molecule has 0 saturated carbocycles. The first-order valence-corrected chi connectivity index (χ1v) is 8.93. The smallest absolute Gasteiger partial charge is 0.257 e. The number of hydrogen-bond donors (Lipinski definition) is 3. The van der Waals surface area contributed by atoms with E-state index in [0.717, 1.165) is 0 Å². The lowest BCUT2D eigenvalue weighted by Gasteiger charge is -2.10. The van der Waals surface area contributed by atoms with Crippen molar-refractivity contribution in [2.45, 2.75) is 25.2 Å². The number of hydrogen-bond acceptors (Lipinski definition) is 5. The molecular weight excluding hydrogens is 320 g/mol. The molecule has 23 heavy (non-hydrogen) atoms. The Balaban J connectivity index is 2.51. The van der Waals surface area contributed by atoms with Crippen LogP contribution in [-0.2, 0) is 14.8 Å². The number of sulfonamides is 1. The van der Waals surface area contributed by atoms with Crippen LogP contribution in [0.1, 0.15) is 20.3 Å². The Labute approximate surface area is 137 Å². The Morgan fingerprint density at radius 2 is 1.91 bits per heavy atom. The van der Waals surface area contributed by atoms with Gasteiger partial charge in [-0.2, -0.15) is 0 Å². The van der Waals surface area contributed by atoms with Gasteiger partial charge in [-0.25, -0.2) is 13.1 Å². The van der Waals surface area contributed by atoms with Crippen LogP contribution < -0.4 is 14.8 Å². The molecule has 0 saturated heterocycles. The summed E-state index contributed by atoms with van der Waals surface area (Å²) in [6, 6.07) is 5.87. The van der Waals surface area contributed by atoms with Gasteiger partial charge in [0.1, 0.15) is 5.75 Å². The molecule has 0 aromatic heterocycles. The SMILES string of the molecule is CC(C)CNS(=O)(=O)c1ccc(OCC(=O)NCCCO)cc1. The lowest BCUT2D eigenvalue weighted by Crippen LogP contribution is -2.30. The van der Waals surface area contributed by atoms with Gasteiger partial charge in [0.05, 0.1) is 4.90 Å². The van der Waals surface area contributed by atoms with Crippen LogP contribution in [0.25, 0.3) is 0 Å². The second kappa shape index (κ2) is 9.49. The first-order valence-electron chi connectivity index (χ1n) is 7.45. The third-order valence-electron chi connectivity index (χ3n) is 2.84. The van der Waals surface area contributed by atoms with Crippen molar-refractivity contribution in [2.24, 2.45) is 5.92 Å². The summed E-state index contributed by atoms with van der Waals surface area (Å²) in [7, 11) is -3.53. The first-order chi connectivity index (χ1) is 10.8. The highest BCUT2D eigenvalue weighted by Gasteiger charge is 2.14. The van der Waals surface area contributed by atoms with E-state index in [1.807, 2.05) is 13.8 Å². The van der Waals surface area contributed by atoms with Gasteiger partial charge in [0.2, 0.25) is 10.0 Å². The largest absolute Gasteiger partial charge is 0.484 e. The van der Waals surface area contributed by atoms with Gasteiger partial charge in [-0.1, -0.05) is 13.8 Å². The summed E-state index contributed by atoms with van der Waals surface area (Å²) in [5.41, 5.74) is 0. The van der Waals surface area contributed by atoms with Crippen LogP contribution in [0.3, 0.4) is 0 Å². The van der Waals surface area contributed by atoms with E-state index in [9.17, 15) is 13.2 Å². The molecule has 7 nitrogen and oxygen atoms in total. The fraction of sp³-hybridized carbons (Fsp3) is 0.533. The number of amides is 1. The average molecular weight is 344 g/mol. The molecule has 1 rings (SSSR count). The van der Waals surface area contributed by atoms with Crippen molar-refractivity contribution in [3.63, 3.8) is 0 Å². The number of benzene rings is 1. The molecule has 1 aromatic rings. The fourth-order valence-corrected chi connectivity index (χ4v) is 2.80. The van der Waals surface area contributed by atoms with E-state index in [0.29, 0.717) is 25.3 Å². The average Bonchev–Trinajstić information content (AvgIpc) is 2.52.